The van der Waals surface area contributed by atoms with Gasteiger partial charge in [-0.1, -0.05) is 12.5 Å². The van der Waals surface area contributed by atoms with Crippen LogP contribution in [0.25, 0.3) is 0 Å². The quantitative estimate of drug-likeness (QED) is 0.638. The lowest BCUT2D eigenvalue weighted by Crippen LogP contribution is -2.54. The first-order chi connectivity index (χ1) is 12.6. The molecule has 1 heterocycles. The molecule has 1 N–H and O–H groups in total. The lowest BCUT2D eigenvalue weighted by atomic mass is 9.47. The molecule has 26 heavy (non-hydrogen) atoms. The van der Waals surface area contributed by atoms with Crippen molar-refractivity contribution in [2.75, 3.05) is 6.61 Å². The first-order valence-electron chi connectivity index (χ1n) is 11.5. The average molecular weight is 354 g/mol. The topological polar surface area (TPSA) is 33.1 Å². The summed E-state index contributed by atoms with van der Waals surface area (Å²) >= 11 is 0. The third-order valence-corrected chi connectivity index (χ3v) is 10.0. The van der Waals surface area contributed by atoms with Crippen molar-refractivity contribution in [2.45, 2.75) is 83.2 Å². The normalized spacial score (nSPS) is 53.2. The first-order valence-corrected chi connectivity index (χ1v) is 11.5. The molecule has 6 rings (SSSR count). The summed E-state index contributed by atoms with van der Waals surface area (Å²) in [6, 6.07) is 0. The second kappa shape index (κ2) is 5.46. The molecule has 2 heteroatoms. The Hall–Kier alpha value is -0.630. The highest BCUT2D eigenvalue weighted by molar-refractivity contribution is 5.93. The van der Waals surface area contributed by atoms with Gasteiger partial charge in [-0.25, -0.2) is 0 Å². The number of nitrogens with one attached hydrogen (secondary N) is 1. The van der Waals surface area contributed by atoms with Gasteiger partial charge in [-0.05, 0) is 118 Å². The third-order valence-electron chi connectivity index (χ3n) is 10.0. The van der Waals surface area contributed by atoms with Crippen molar-refractivity contribution in [1.82, 2.24) is 0 Å². The molecule has 6 aliphatic rings. The fourth-order valence-electron chi connectivity index (χ4n) is 8.76. The van der Waals surface area contributed by atoms with Gasteiger partial charge in [0.1, 0.15) is 0 Å². The lowest BCUT2D eigenvalue weighted by Gasteiger charge is -2.58. The van der Waals surface area contributed by atoms with Gasteiger partial charge < -0.3 is 10.1 Å². The molecule has 4 saturated carbocycles. The summed E-state index contributed by atoms with van der Waals surface area (Å²) in [6.07, 6.45) is 17.1. The van der Waals surface area contributed by atoms with Gasteiger partial charge in [-0.2, -0.15) is 0 Å². The standard InChI is InChI=1S/C24H35NO/c1-23-10-7-19-18-6-5-17(25)13-16(18)14-20(15-3-4-15)22(19)21(23)8-11-24(23)9-2-12-26-24/h13,15,18-22,25H,2-12,14H2,1H3/t18-,19?,20?,21?,22?,23-,24-/m0/s1. The van der Waals surface area contributed by atoms with Crippen molar-refractivity contribution < 1.29 is 4.74 Å². The fourth-order valence-corrected chi connectivity index (χ4v) is 8.76. The van der Waals surface area contributed by atoms with Gasteiger partial charge in [0.2, 0.25) is 0 Å². The minimum Gasteiger partial charge on any atom is -0.374 e. The maximum Gasteiger partial charge on any atom is 0.0739 e. The molecule has 7 atom stereocenters. The lowest BCUT2D eigenvalue weighted by molar-refractivity contribution is -0.137. The number of fused-ring (bicyclic) bond motifs is 6. The van der Waals surface area contributed by atoms with Gasteiger partial charge in [0.15, 0.2) is 0 Å². The molecule has 0 amide bonds. The Kier molecular flexibility index (Phi) is 3.43. The molecular formula is C24H35NO. The van der Waals surface area contributed by atoms with Crippen LogP contribution >= 0.6 is 0 Å². The molecule has 0 radical (unpaired) electrons. The molecule has 5 fully saturated rings. The Morgan fingerprint density at radius 3 is 2.69 bits per heavy atom. The maximum absolute atomic E-state index is 8.20. The SMILES string of the molecule is C[C@]12CCC3C(C(C4CC4)CC4=CC(=N)CC[C@@H]43)C1CC[C@@]21CCCO1. The summed E-state index contributed by atoms with van der Waals surface area (Å²) in [5, 5.41) is 8.20. The van der Waals surface area contributed by atoms with Crippen LogP contribution in [0.2, 0.25) is 0 Å². The number of allylic oxidation sites excluding steroid dienone is 2. The molecule has 0 aromatic carbocycles. The van der Waals surface area contributed by atoms with Crippen molar-refractivity contribution in [3.05, 3.63) is 11.6 Å². The van der Waals surface area contributed by atoms with Gasteiger partial charge in [0.05, 0.1) is 5.60 Å². The number of hydrogen-bond donors (Lipinski definition) is 1. The number of ether oxygens (including phenoxy) is 1. The second-order valence-electron chi connectivity index (χ2n) is 10.9. The molecular weight excluding hydrogens is 318 g/mol. The predicted molar refractivity (Wildman–Crippen MR) is 104 cm³/mol. The Morgan fingerprint density at radius 2 is 1.92 bits per heavy atom. The number of rotatable bonds is 1. The van der Waals surface area contributed by atoms with E-state index in [4.69, 9.17) is 10.1 Å². The molecule has 142 valence electrons. The smallest absolute Gasteiger partial charge is 0.0739 e. The van der Waals surface area contributed by atoms with Gasteiger partial charge in [-0.3, -0.25) is 0 Å². The minimum absolute atomic E-state index is 0.238. The molecule has 4 unspecified atom stereocenters. The largest absolute Gasteiger partial charge is 0.374 e. The van der Waals surface area contributed by atoms with Crippen LogP contribution in [0.3, 0.4) is 0 Å². The fraction of sp³-hybridized carbons (Fsp3) is 0.875. The summed E-state index contributed by atoms with van der Waals surface area (Å²) < 4.78 is 6.55. The Labute approximate surface area is 158 Å². The van der Waals surface area contributed by atoms with E-state index < -0.39 is 0 Å². The van der Waals surface area contributed by atoms with Crippen molar-refractivity contribution in [3.63, 3.8) is 0 Å². The monoisotopic (exact) mass is 353 g/mol. The van der Waals surface area contributed by atoms with Crippen molar-refractivity contribution in [2.24, 2.45) is 40.9 Å². The average Bonchev–Trinajstić information content (AvgIpc) is 3.29. The minimum atomic E-state index is 0.238. The zero-order valence-electron chi connectivity index (χ0n) is 16.4. The summed E-state index contributed by atoms with van der Waals surface area (Å²) in [6.45, 7) is 3.65. The Balaban J connectivity index is 1.39. The molecule has 1 spiro atoms. The first kappa shape index (κ1) is 16.3. The highest BCUT2D eigenvalue weighted by Crippen LogP contribution is 2.70. The van der Waals surface area contributed by atoms with Crippen LogP contribution in [0, 0.1) is 46.3 Å². The highest BCUT2D eigenvalue weighted by atomic mass is 16.5. The zero-order chi connectivity index (χ0) is 17.5. The van der Waals surface area contributed by atoms with E-state index in [1.807, 2.05) is 0 Å². The summed E-state index contributed by atoms with van der Waals surface area (Å²) in [5.74, 6) is 5.53. The maximum atomic E-state index is 8.20. The van der Waals surface area contributed by atoms with Gasteiger partial charge in [-0.15, -0.1) is 0 Å². The van der Waals surface area contributed by atoms with Crippen LogP contribution in [0.15, 0.2) is 11.6 Å². The zero-order valence-corrected chi connectivity index (χ0v) is 16.4. The molecule has 2 nitrogen and oxygen atoms in total. The van der Waals surface area contributed by atoms with Crippen LogP contribution < -0.4 is 0 Å². The molecule has 0 aromatic rings. The highest BCUT2D eigenvalue weighted by Gasteiger charge is 2.66. The van der Waals surface area contributed by atoms with Gasteiger partial charge in [0, 0.05) is 12.3 Å². The summed E-state index contributed by atoms with van der Waals surface area (Å²) in [7, 11) is 0. The van der Waals surface area contributed by atoms with Crippen molar-refractivity contribution >= 4 is 5.71 Å². The predicted octanol–water partition coefficient (Wildman–Crippen LogP) is 5.76. The summed E-state index contributed by atoms with van der Waals surface area (Å²) in [5.41, 5.74) is 3.28. The van der Waals surface area contributed by atoms with Crippen LogP contribution in [0.1, 0.15) is 77.6 Å². The molecule has 0 aromatic heterocycles. The molecule has 1 saturated heterocycles. The third kappa shape index (κ3) is 2.06. The Bertz CT molecular complexity index is 655. The second-order valence-corrected chi connectivity index (χ2v) is 10.9. The van der Waals surface area contributed by atoms with E-state index in [0.29, 0.717) is 5.41 Å². The van der Waals surface area contributed by atoms with E-state index >= 15 is 0 Å². The Morgan fingerprint density at radius 1 is 1.04 bits per heavy atom. The van der Waals surface area contributed by atoms with Crippen LogP contribution in [-0.2, 0) is 4.74 Å². The molecule has 0 bridgehead atoms. The molecule has 1 aliphatic heterocycles. The molecule has 5 aliphatic carbocycles. The van der Waals surface area contributed by atoms with E-state index in [0.717, 1.165) is 54.2 Å². The van der Waals surface area contributed by atoms with Gasteiger partial charge >= 0.3 is 0 Å². The number of hydrogen-bond acceptors (Lipinski definition) is 2. The van der Waals surface area contributed by atoms with Crippen molar-refractivity contribution in [1.29, 1.82) is 5.41 Å². The van der Waals surface area contributed by atoms with E-state index in [9.17, 15) is 0 Å². The van der Waals surface area contributed by atoms with E-state index in [-0.39, 0.29) is 5.60 Å². The van der Waals surface area contributed by atoms with Gasteiger partial charge in [0.25, 0.3) is 0 Å². The van der Waals surface area contributed by atoms with E-state index in [1.54, 1.807) is 5.57 Å². The summed E-state index contributed by atoms with van der Waals surface area (Å²) in [4.78, 5) is 0. The van der Waals surface area contributed by atoms with Crippen molar-refractivity contribution in [3.8, 4) is 0 Å². The van der Waals surface area contributed by atoms with Crippen LogP contribution in [-0.4, -0.2) is 17.9 Å². The van der Waals surface area contributed by atoms with E-state index in [2.05, 4.69) is 13.0 Å². The van der Waals surface area contributed by atoms with E-state index in [1.165, 1.54) is 64.2 Å². The van der Waals surface area contributed by atoms with Crippen LogP contribution in [0.5, 0.6) is 0 Å². The van der Waals surface area contributed by atoms with Crippen LogP contribution in [0.4, 0.5) is 0 Å².